The maximum absolute atomic E-state index is 11.6. The van der Waals surface area contributed by atoms with Gasteiger partial charge in [-0.1, -0.05) is 15.9 Å². The molecule has 5 nitrogen and oxygen atoms in total. The summed E-state index contributed by atoms with van der Waals surface area (Å²) in [4.78, 5) is 11.6. The van der Waals surface area contributed by atoms with E-state index in [0.717, 1.165) is 12.8 Å². The van der Waals surface area contributed by atoms with Crippen LogP contribution in [0.2, 0.25) is 0 Å². The third-order valence-electron chi connectivity index (χ3n) is 2.97. The molecule has 1 aromatic carbocycles. The third kappa shape index (κ3) is 3.22. The predicted octanol–water partition coefficient (Wildman–Crippen LogP) is 3.50. The number of methoxy groups -OCH3 is 1. The summed E-state index contributed by atoms with van der Waals surface area (Å²) in [5, 5.41) is 0. The van der Waals surface area contributed by atoms with Crippen LogP contribution >= 0.6 is 26.7 Å². The fourth-order valence-corrected chi connectivity index (χ4v) is 4.22. The van der Waals surface area contributed by atoms with Crippen molar-refractivity contribution < 1.29 is 18.6 Å². The molecule has 0 atom stereocenters. The monoisotopic (exact) mass is 349 g/mol. The van der Waals surface area contributed by atoms with E-state index in [1.165, 1.54) is 7.11 Å². The smallest absolute Gasteiger partial charge is 0.337 e. The fourth-order valence-electron chi connectivity index (χ4n) is 2.06. The molecule has 0 saturated carbocycles. The molecule has 0 aromatic heterocycles. The summed E-state index contributed by atoms with van der Waals surface area (Å²) in [5.74, 6) is -0.0800. The minimum absolute atomic E-state index is 0.368. The number of halogens is 1. The fraction of sp³-hybridized carbons (Fsp3) is 0.417. The normalized spacial score (nSPS) is 19.9. The summed E-state index contributed by atoms with van der Waals surface area (Å²) in [6.45, 7) is 0.569. The molecule has 1 heterocycles. The summed E-state index contributed by atoms with van der Waals surface area (Å²) in [6.07, 6.45) is 1.70. The zero-order chi connectivity index (χ0) is 14.0. The van der Waals surface area contributed by atoms with Crippen LogP contribution in [-0.2, 0) is 4.74 Å². The molecule has 19 heavy (non-hydrogen) atoms. The van der Waals surface area contributed by atoms with Crippen molar-refractivity contribution in [1.82, 2.24) is 0 Å². The van der Waals surface area contributed by atoms with Crippen LogP contribution in [0, 0.1) is 0 Å². The van der Waals surface area contributed by atoms with E-state index >= 15 is 0 Å². The average Bonchev–Trinajstić information content (AvgIpc) is 2.36. The highest BCUT2D eigenvalue weighted by molar-refractivity contribution is 9.10. The molecule has 1 aromatic rings. The van der Waals surface area contributed by atoms with Crippen LogP contribution in [0.3, 0.4) is 0 Å². The minimum atomic E-state index is -2.78. The highest BCUT2D eigenvalue weighted by atomic mass is 79.9. The van der Waals surface area contributed by atoms with Gasteiger partial charge in [0.2, 0.25) is 0 Å². The highest BCUT2D eigenvalue weighted by Crippen LogP contribution is 2.50. The number of benzene rings is 1. The molecule has 0 bridgehead atoms. The van der Waals surface area contributed by atoms with Gasteiger partial charge in [0.25, 0.3) is 0 Å². The largest absolute Gasteiger partial charge is 0.465 e. The molecule has 0 aliphatic carbocycles. The molecule has 106 valence electrons. The Hall–Kier alpha value is -0.760. The molecule has 0 radical (unpaired) electrons. The van der Waals surface area contributed by atoms with Crippen molar-refractivity contribution >= 4 is 38.4 Å². The first-order valence-electron chi connectivity index (χ1n) is 5.86. The van der Waals surface area contributed by atoms with E-state index < -0.39 is 16.7 Å². The van der Waals surface area contributed by atoms with Gasteiger partial charge >= 0.3 is 5.97 Å². The molecular weight excluding hydrogens is 334 g/mol. The number of esters is 1. The second kappa shape index (κ2) is 5.70. The van der Waals surface area contributed by atoms with E-state index in [-0.39, 0.29) is 0 Å². The summed E-state index contributed by atoms with van der Waals surface area (Å²) in [5.41, 5.74) is 1.00. The number of anilines is 1. The van der Waals surface area contributed by atoms with Gasteiger partial charge in [-0.2, -0.15) is 0 Å². The topological polar surface area (TPSA) is 70.0 Å². The van der Waals surface area contributed by atoms with Crippen molar-refractivity contribution in [2.24, 2.45) is 0 Å². The van der Waals surface area contributed by atoms with Gasteiger partial charge in [-0.25, -0.2) is 4.79 Å². The van der Waals surface area contributed by atoms with E-state index in [1.54, 1.807) is 22.5 Å². The zero-order valence-corrected chi connectivity index (χ0v) is 12.9. The van der Waals surface area contributed by atoms with E-state index in [1.807, 2.05) is 0 Å². The van der Waals surface area contributed by atoms with Gasteiger partial charge < -0.3 is 4.74 Å². The quantitative estimate of drug-likeness (QED) is 0.799. The van der Waals surface area contributed by atoms with Crippen LogP contribution in [0.25, 0.3) is 0 Å². The summed E-state index contributed by atoms with van der Waals surface area (Å²) in [6, 6.07) is 5.03. The zero-order valence-electron chi connectivity index (χ0n) is 10.5. The lowest BCUT2D eigenvalue weighted by Gasteiger charge is -2.47. The van der Waals surface area contributed by atoms with Crippen molar-refractivity contribution in [3.8, 4) is 0 Å². The number of carbonyl (C=O) groups is 1. The van der Waals surface area contributed by atoms with E-state index in [9.17, 15) is 13.9 Å². The Morgan fingerprint density at radius 3 is 2.74 bits per heavy atom. The molecule has 0 amide bonds. The molecule has 1 aliphatic heterocycles. The van der Waals surface area contributed by atoms with Gasteiger partial charge in [0.05, 0.1) is 24.1 Å². The number of hydrogen-bond donors (Lipinski definition) is 2. The van der Waals surface area contributed by atoms with Gasteiger partial charge in [-0.05, 0) is 31.0 Å². The van der Waals surface area contributed by atoms with Crippen LogP contribution in [-0.4, -0.2) is 34.5 Å². The molecule has 1 saturated heterocycles. The van der Waals surface area contributed by atoms with Crippen LogP contribution in [0.5, 0.6) is 0 Å². The van der Waals surface area contributed by atoms with E-state index in [4.69, 9.17) is 0 Å². The standard InChI is InChI=1S/C12H16BrNO4S/c1-18-12(15)9-6-10(13)8-11(7-9)14-4-2-3-5-19(14,16)17/h6-8,16-17H,2-5H2,1H3. The molecule has 2 N–H and O–H groups in total. The van der Waals surface area contributed by atoms with E-state index in [0.29, 0.717) is 28.0 Å². The molecule has 1 aliphatic rings. The van der Waals surface area contributed by atoms with Crippen LogP contribution in [0.15, 0.2) is 22.7 Å². The molecular formula is C12H16BrNO4S. The van der Waals surface area contributed by atoms with Crippen molar-refractivity contribution in [2.45, 2.75) is 12.8 Å². The highest BCUT2D eigenvalue weighted by Gasteiger charge is 2.27. The lowest BCUT2D eigenvalue weighted by Crippen LogP contribution is -2.34. The lowest BCUT2D eigenvalue weighted by molar-refractivity contribution is 0.0600. The van der Waals surface area contributed by atoms with Crippen LogP contribution < -0.4 is 4.31 Å². The second-order valence-electron chi connectivity index (χ2n) is 4.34. The Bertz CT molecular complexity index is 495. The summed E-state index contributed by atoms with van der Waals surface area (Å²) < 4.78 is 27.2. The first kappa shape index (κ1) is 14.6. The molecule has 0 unspecified atom stereocenters. The summed E-state index contributed by atoms with van der Waals surface area (Å²) >= 11 is 3.33. The number of ether oxygens (including phenoxy) is 1. The molecule has 0 spiro atoms. The number of hydrogen-bond acceptors (Lipinski definition) is 5. The minimum Gasteiger partial charge on any atom is -0.465 e. The van der Waals surface area contributed by atoms with Gasteiger partial charge in [-0.3, -0.25) is 13.4 Å². The third-order valence-corrected chi connectivity index (χ3v) is 5.37. The first-order chi connectivity index (χ1) is 8.94. The van der Waals surface area contributed by atoms with Crippen molar-refractivity contribution in [3.63, 3.8) is 0 Å². The van der Waals surface area contributed by atoms with Gasteiger partial charge in [0.1, 0.15) is 0 Å². The Balaban J connectivity index is 2.38. The second-order valence-corrected chi connectivity index (χ2v) is 7.36. The van der Waals surface area contributed by atoms with Gasteiger partial charge in [-0.15, -0.1) is 10.8 Å². The van der Waals surface area contributed by atoms with Crippen molar-refractivity contribution in [2.75, 3.05) is 23.7 Å². The van der Waals surface area contributed by atoms with Crippen molar-refractivity contribution in [1.29, 1.82) is 0 Å². The Morgan fingerprint density at radius 1 is 1.37 bits per heavy atom. The number of rotatable bonds is 2. The van der Waals surface area contributed by atoms with E-state index in [2.05, 4.69) is 20.7 Å². The Labute approximate surface area is 122 Å². The van der Waals surface area contributed by atoms with Crippen LogP contribution in [0.4, 0.5) is 5.69 Å². The number of nitrogens with zero attached hydrogens (tertiary/aromatic N) is 1. The SMILES string of the molecule is COC(=O)c1cc(Br)cc(N2CCCCS2(O)O)c1. The maximum Gasteiger partial charge on any atom is 0.337 e. The Kier molecular flexibility index (Phi) is 4.39. The lowest BCUT2D eigenvalue weighted by atomic mass is 10.2. The van der Waals surface area contributed by atoms with Crippen molar-refractivity contribution in [3.05, 3.63) is 28.2 Å². The van der Waals surface area contributed by atoms with Crippen LogP contribution in [0.1, 0.15) is 23.2 Å². The molecule has 7 heteroatoms. The molecule has 1 fully saturated rings. The number of carbonyl (C=O) groups excluding carboxylic acids is 1. The predicted molar refractivity (Wildman–Crippen MR) is 79.8 cm³/mol. The van der Waals surface area contributed by atoms with Gasteiger partial charge in [0.15, 0.2) is 0 Å². The summed E-state index contributed by atoms with van der Waals surface area (Å²) in [7, 11) is -1.47. The maximum atomic E-state index is 11.6. The average molecular weight is 350 g/mol. The Morgan fingerprint density at radius 2 is 2.11 bits per heavy atom. The first-order valence-corrected chi connectivity index (χ1v) is 8.33. The molecule has 2 rings (SSSR count). The van der Waals surface area contributed by atoms with Gasteiger partial charge in [0, 0.05) is 11.0 Å².